The predicted octanol–water partition coefficient (Wildman–Crippen LogP) is 2.91. The quantitative estimate of drug-likeness (QED) is 0.888. The van der Waals surface area contributed by atoms with Crippen molar-refractivity contribution in [3.05, 3.63) is 18.0 Å². The molecule has 4 nitrogen and oxygen atoms in total. The Hall–Kier alpha value is -1.45. The van der Waals surface area contributed by atoms with Crippen LogP contribution in [-0.4, -0.2) is 28.5 Å². The third kappa shape index (κ3) is 3.11. The zero-order valence-electron chi connectivity index (χ0n) is 12.4. The molecule has 0 radical (unpaired) electrons. The maximum atomic E-state index is 12.6. The lowest BCUT2D eigenvalue weighted by atomic mass is 10.0. The largest absolute Gasteiger partial charge is 0.397 e. The molecule has 1 aliphatic carbocycles. The van der Waals surface area contributed by atoms with E-state index in [1.54, 1.807) is 6.07 Å². The first-order chi connectivity index (χ1) is 8.90. The highest BCUT2D eigenvalue weighted by atomic mass is 16.2. The first-order valence-corrected chi connectivity index (χ1v) is 7.14. The van der Waals surface area contributed by atoms with Crippen LogP contribution in [0, 0.1) is 5.92 Å². The van der Waals surface area contributed by atoms with Crippen molar-refractivity contribution in [2.75, 3.05) is 12.8 Å². The van der Waals surface area contributed by atoms with E-state index < -0.39 is 0 Å². The third-order valence-electron chi connectivity index (χ3n) is 3.82. The highest BCUT2D eigenvalue weighted by Crippen LogP contribution is 2.37. The molecule has 0 bridgehead atoms. The lowest BCUT2D eigenvalue weighted by Gasteiger charge is -2.26. The highest BCUT2D eigenvalue weighted by Gasteiger charge is 2.29. The first kappa shape index (κ1) is 14.0. The van der Waals surface area contributed by atoms with Crippen LogP contribution in [-0.2, 0) is 0 Å². The standard InChI is InChI=1S/C15H25N3O/c1-10(2)7-11(3)17(4)15(19)14-8-12(16)9-18(14)13-5-6-13/h8-11,13H,5-7,16H2,1-4H3. The molecule has 1 aromatic rings. The van der Waals surface area contributed by atoms with Crippen molar-refractivity contribution >= 4 is 11.6 Å². The Kier molecular flexibility index (Phi) is 3.88. The van der Waals surface area contributed by atoms with Crippen LogP contribution < -0.4 is 5.73 Å². The highest BCUT2D eigenvalue weighted by molar-refractivity contribution is 5.94. The zero-order valence-corrected chi connectivity index (χ0v) is 12.4. The van der Waals surface area contributed by atoms with E-state index in [9.17, 15) is 4.79 Å². The molecular weight excluding hydrogens is 238 g/mol. The van der Waals surface area contributed by atoms with Crippen LogP contribution in [0.25, 0.3) is 0 Å². The number of nitrogen functional groups attached to an aromatic ring is 1. The second-order valence-electron chi connectivity index (χ2n) is 6.19. The number of hydrogen-bond donors (Lipinski definition) is 1. The molecule has 1 amide bonds. The van der Waals surface area contributed by atoms with Crippen molar-refractivity contribution in [1.29, 1.82) is 0 Å². The predicted molar refractivity (Wildman–Crippen MR) is 78.1 cm³/mol. The Morgan fingerprint density at radius 1 is 1.47 bits per heavy atom. The summed E-state index contributed by atoms with van der Waals surface area (Å²) in [6.07, 6.45) is 5.22. The van der Waals surface area contributed by atoms with E-state index in [0.29, 0.717) is 17.6 Å². The van der Waals surface area contributed by atoms with Crippen LogP contribution >= 0.6 is 0 Å². The van der Waals surface area contributed by atoms with Crippen molar-refractivity contribution in [2.24, 2.45) is 5.92 Å². The van der Waals surface area contributed by atoms with Gasteiger partial charge in [-0.1, -0.05) is 13.8 Å². The molecule has 2 rings (SSSR count). The van der Waals surface area contributed by atoms with Gasteiger partial charge < -0.3 is 15.2 Å². The van der Waals surface area contributed by atoms with Crippen LogP contribution in [0.15, 0.2) is 12.3 Å². The van der Waals surface area contributed by atoms with Crippen molar-refractivity contribution in [3.8, 4) is 0 Å². The summed E-state index contributed by atoms with van der Waals surface area (Å²) in [4.78, 5) is 14.4. The summed E-state index contributed by atoms with van der Waals surface area (Å²) in [7, 11) is 1.88. The molecule has 1 aliphatic rings. The monoisotopic (exact) mass is 263 g/mol. The number of nitrogens with zero attached hydrogens (tertiary/aromatic N) is 2. The molecule has 0 aromatic carbocycles. The first-order valence-electron chi connectivity index (χ1n) is 7.14. The normalized spacial score (nSPS) is 16.7. The van der Waals surface area contributed by atoms with E-state index >= 15 is 0 Å². The molecule has 106 valence electrons. The van der Waals surface area contributed by atoms with Gasteiger partial charge in [-0.05, 0) is 38.2 Å². The van der Waals surface area contributed by atoms with Crippen molar-refractivity contribution in [2.45, 2.75) is 52.1 Å². The second kappa shape index (κ2) is 5.27. The molecule has 0 aliphatic heterocycles. The van der Waals surface area contributed by atoms with Gasteiger partial charge in [-0.3, -0.25) is 4.79 Å². The Bertz CT molecular complexity index is 460. The molecule has 2 N–H and O–H groups in total. The minimum atomic E-state index is 0.0803. The summed E-state index contributed by atoms with van der Waals surface area (Å²) in [5.74, 6) is 0.669. The van der Waals surface area contributed by atoms with Crippen LogP contribution in [0.5, 0.6) is 0 Å². The zero-order chi connectivity index (χ0) is 14.2. The fraction of sp³-hybridized carbons (Fsp3) is 0.667. The maximum absolute atomic E-state index is 12.6. The summed E-state index contributed by atoms with van der Waals surface area (Å²) in [5, 5.41) is 0. The van der Waals surface area contributed by atoms with Crippen molar-refractivity contribution in [1.82, 2.24) is 9.47 Å². The summed E-state index contributed by atoms with van der Waals surface area (Å²) < 4.78 is 2.05. The molecule has 0 saturated heterocycles. The Labute approximate surface area is 115 Å². The molecule has 1 heterocycles. The molecule has 1 atom stereocenters. The minimum Gasteiger partial charge on any atom is -0.397 e. The van der Waals surface area contributed by atoms with Crippen LogP contribution in [0.1, 0.15) is 56.6 Å². The fourth-order valence-electron chi connectivity index (χ4n) is 2.55. The average Bonchev–Trinajstić information content (AvgIpc) is 3.09. The molecule has 19 heavy (non-hydrogen) atoms. The van der Waals surface area contributed by atoms with Crippen molar-refractivity contribution in [3.63, 3.8) is 0 Å². The maximum Gasteiger partial charge on any atom is 0.270 e. The molecule has 1 aromatic heterocycles. The third-order valence-corrected chi connectivity index (χ3v) is 3.82. The van der Waals surface area contributed by atoms with E-state index in [1.807, 2.05) is 18.1 Å². The molecular formula is C15H25N3O. The van der Waals surface area contributed by atoms with E-state index in [4.69, 9.17) is 5.73 Å². The number of anilines is 1. The molecule has 1 saturated carbocycles. The van der Waals surface area contributed by atoms with Crippen LogP contribution in [0.4, 0.5) is 5.69 Å². The van der Waals surface area contributed by atoms with E-state index in [-0.39, 0.29) is 11.9 Å². The van der Waals surface area contributed by atoms with Crippen LogP contribution in [0.3, 0.4) is 0 Å². The summed E-state index contributed by atoms with van der Waals surface area (Å²) in [6.45, 7) is 6.46. The number of amides is 1. The number of carbonyl (C=O) groups is 1. The van der Waals surface area contributed by atoms with E-state index in [1.165, 1.54) is 0 Å². The summed E-state index contributed by atoms with van der Waals surface area (Å²) in [6, 6.07) is 2.53. The fourth-order valence-corrected chi connectivity index (χ4v) is 2.55. The van der Waals surface area contributed by atoms with Gasteiger partial charge in [0, 0.05) is 25.3 Å². The lowest BCUT2D eigenvalue weighted by molar-refractivity contribution is 0.0717. The average molecular weight is 263 g/mol. The molecule has 1 fully saturated rings. The number of hydrogen-bond acceptors (Lipinski definition) is 2. The van der Waals surface area contributed by atoms with Gasteiger partial charge in [0.15, 0.2) is 0 Å². The topological polar surface area (TPSA) is 51.3 Å². The molecule has 1 unspecified atom stereocenters. The van der Waals surface area contributed by atoms with Crippen molar-refractivity contribution < 1.29 is 4.79 Å². The smallest absolute Gasteiger partial charge is 0.270 e. The number of aromatic nitrogens is 1. The Morgan fingerprint density at radius 3 is 2.63 bits per heavy atom. The van der Waals surface area contributed by atoms with Gasteiger partial charge in [0.1, 0.15) is 5.69 Å². The van der Waals surface area contributed by atoms with E-state index in [0.717, 1.165) is 25.0 Å². The Morgan fingerprint density at radius 2 is 2.11 bits per heavy atom. The Balaban J connectivity index is 2.14. The molecule has 0 spiro atoms. The van der Waals surface area contributed by atoms with Gasteiger partial charge in [-0.25, -0.2) is 0 Å². The van der Waals surface area contributed by atoms with E-state index in [2.05, 4.69) is 25.3 Å². The van der Waals surface area contributed by atoms with Gasteiger partial charge in [-0.2, -0.15) is 0 Å². The van der Waals surface area contributed by atoms with Gasteiger partial charge in [0.05, 0.1) is 5.69 Å². The molecule has 4 heteroatoms. The lowest BCUT2D eigenvalue weighted by Crippen LogP contribution is -2.36. The van der Waals surface area contributed by atoms with Gasteiger partial charge >= 0.3 is 0 Å². The minimum absolute atomic E-state index is 0.0803. The van der Waals surface area contributed by atoms with Crippen LogP contribution in [0.2, 0.25) is 0 Å². The SMILES string of the molecule is CC(C)CC(C)N(C)C(=O)c1cc(N)cn1C1CC1. The van der Waals surface area contributed by atoms with Gasteiger partial charge in [0.25, 0.3) is 5.91 Å². The van der Waals surface area contributed by atoms with Gasteiger partial charge in [0.2, 0.25) is 0 Å². The number of carbonyl (C=O) groups excluding carboxylic acids is 1. The second-order valence-corrected chi connectivity index (χ2v) is 6.19. The number of nitrogens with two attached hydrogens (primary N) is 1. The van der Waals surface area contributed by atoms with Gasteiger partial charge in [-0.15, -0.1) is 0 Å². The number of rotatable bonds is 5. The summed E-state index contributed by atoms with van der Waals surface area (Å²) >= 11 is 0. The summed E-state index contributed by atoms with van der Waals surface area (Å²) in [5.41, 5.74) is 7.26.